The SMILES string of the molecule is Fc1n[nH]c(F)c1I. The van der Waals surface area contributed by atoms with Crippen molar-refractivity contribution in [2.45, 2.75) is 0 Å². The van der Waals surface area contributed by atoms with Crippen LogP contribution in [0.15, 0.2) is 0 Å². The van der Waals surface area contributed by atoms with Gasteiger partial charge in [0.25, 0.3) is 0 Å². The molecule has 0 spiro atoms. The molecule has 1 rings (SSSR count). The van der Waals surface area contributed by atoms with E-state index in [1.807, 2.05) is 5.10 Å². The Kier molecular flexibility index (Phi) is 1.45. The highest BCUT2D eigenvalue weighted by Gasteiger charge is 2.06. The van der Waals surface area contributed by atoms with Crippen LogP contribution in [0.3, 0.4) is 0 Å². The number of halogens is 3. The summed E-state index contributed by atoms with van der Waals surface area (Å²) in [5.41, 5.74) is 0. The van der Waals surface area contributed by atoms with Crippen molar-refractivity contribution in [2.75, 3.05) is 0 Å². The van der Waals surface area contributed by atoms with E-state index in [1.165, 1.54) is 22.6 Å². The highest BCUT2D eigenvalue weighted by Crippen LogP contribution is 2.09. The van der Waals surface area contributed by atoms with E-state index >= 15 is 0 Å². The molecule has 0 aliphatic heterocycles. The molecule has 8 heavy (non-hydrogen) atoms. The smallest absolute Gasteiger partial charge is 0.248 e. The van der Waals surface area contributed by atoms with Gasteiger partial charge in [0.2, 0.25) is 11.9 Å². The molecule has 0 atom stereocenters. The van der Waals surface area contributed by atoms with Crippen molar-refractivity contribution in [3.05, 3.63) is 15.5 Å². The Hall–Kier alpha value is -0.200. The van der Waals surface area contributed by atoms with E-state index in [4.69, 9.17) is 0 Å². The summed E-state index contributed by atoms with van der Waals surface area (Å²) in [6.45, 7) is 0. The average Bonchev–Trinajstić information content (AvgIpc) is 1.98. The fourth-order valence-electron chi connectivity index (χ4n) is 0.287. The van der Waals surface area contributed by atoms with E-state index in [2.05, 4.69) is 5.10 Å². The first-order chi connectivity index (χ1) is 3.72. The molecule has 0 saturated heterocycles. The van der Waals surface area contributed by atoms with Crippen LogP contribution in [-0.4, -0.2) is 10.2 Å². The molecule has 0 unspecified atom stereocenters. The van der Waals surface area contributed by atoms with Gasteiger partial charge >= 0.3 is 0 Å². The number of nitrogens with zero attached hydrogens (tertiary/aromatic N) is 1. The Morgan fingerprint density at radius 1 is 1.50 bits per heavy atom. The maximum atomic E-state index is 12.0. The van der Waals surface area contributed by atoms with Crippen LogP contribution in [0.1, 0.15) is 0 Å². The maximum absolute atomic E-state index is 12.0. The summed E-state index contributed by atoms with van der Waals surface area (Å²) in [5.74, 6) is -1.51. The number of rotatable bonds is 0. The van der Waals surface area contributed by atoms with E-state index in [1.54, 1.807) is 0 Å². The van der Waals surface area contributed by atoms with Crippen LogP contribution in [0.4, 0.5) is 8.78 Å². The fourth-order valence-corrected chi connectivity index (χ4v) is 0.528. The largest absolute Gasteiger partial charge is 0.249 e. The van der Waals surface area contributed by atoms with Crippen LogP contribution in [0, 0.1) is 15.5 Å². The van der Waals surface area contributed by atoms with Crippen LogP contribution in [0.5, 0.6) is 0 Å². The first kappa shape index (κ1) is 5.93. The van der Waals surface area contributed by atoms with Gasteiger partial charge in [-0.05, 0) is 22.6 Å². The van der Waals surface area contributed by atoms with E-state index < -0.39 is 11.9 Å². The van der Waals surface area contributed by atoms with Crippen LogP contribution < -0.4 is 0 Å². The third-order valence-electron chi connectivity index (χ3n) is 0.626. The molecule has 0 aliphatic rings. The lowest BCUT2D eigenvalue weighted by Crippen LogP contribution is -1.74. The zero-order valence-electron chi connectivity index (χ0n) is 3.58. The monoisotopic (exact) mass is 230 g/mol. The first-order valence-corrected chi connectivity index (χ1v) is 2.84. The van der Waals surface area contributed by atoms with Gasteiger partial charge in [0.1, 0.15) is 3.57 Å². The zero-order valence-corrected chi connectivity index (χ0v) is 5.74. The van der Waals surface area contributed by atoms with Gasteiger partial charge in [0.15, 0.2) is 0 Å². The molecule has 5 heteroatoms. The summed E-state index contributed by atoms with van der Waals surface area (Å²) in [5, 5.41) is 4.78. The van der Waals surface area contributed by atoms with Crippen molar-refractivity contribution in [3.63, 3.8) is 0 Å². The van der Waals surface area contributed by atoms with Crippen molar-refractivity contribution in [1.29, 1.82) is 0 Å². The topological polar surface area (TPSA) is 28.7 Å². The predicted octanol–water partition coefficient (Wildman–Crippen LogP) is 1.29. The molecule has 1 aromatic heterocycles. The fraction of sp³-hybridized carbons (Fsp3) is 0. The summed E-state index contributed by atoms with van der Waals surface area (Å²) in [6, 6.07) is 0. The van der Waals surface area contributed by atoms with Gasteiger partial charge in [-0.1, -0.05) is 0 Å². The van der Waals surface area contributed by atoms with Gasteiger partial charge < -0.3 is 0 Å². The molecular weight excluding hydrogens is 229 g/mol. The van der Waals surface area contributed by atoms with Crippen molar-refractivity contribution < 1.29 is 8.78 Å². The van der Waals surface area contributed by atoms with Gasteiger partial charge in [-0.2, -0.15) is 8.78 Å². The molecule has 2 nitrogen and oxygen atoms in total. The van der Waals surface area contributed by atoms with Gasteiger partial charge in [0.05, 0.1) is 0 Å². The number of aromatic nitrogens is 2. The van der Waals surface area contributed by atoms with Gasteiger partial charge in [-0.3, -0.25) is 0 Å². The Morgan fingerprint density at radius 3 is 2.25 bits per heavy atom. The number of aromatic amines is 1. The second-order valence-electron chi connectivity index (χ2n) is 1.14. The summed E-state index contributed by atoms with van der Waals surface area (Å²) in [7, 11) is 0. The lowest BCUT2D eigenvalue weighted by molar-refractivity contribution is 0.572. The van der Waals surface area contributed by atoms with Gasteiger partial charge in [-0.15, -0.1) is 5.10 Å². The van der Waals surface area contributed by atoms with Crippen molar-refractivity contribution in [3.8, 4) is 0 Å². The Labute approximate surface area is 57.4 Å². The molecule has 44 valence electrons. The van der Waals surface area contributed by atoms with E-state index in [9.17, 15) is 8.78 Å². The molecule has 0 saturated carbocycles. The predicted molar refractivity (Wildman–Crippen MR) is 31.2 cm³/mol. The Morgan fingerprint density at radius 2 is 2.12 bits per heavy atom. The van der Waals surface area contributed by atoms with E-state index in [0.29, 0.717) is 0 Å². The minimum absolute atomic E-state index is 0.0948. The summed E-state index contributed by atoms with van der Waals surface area (Å²) in [6.07, 6.45) is 0. The lowest BCUT2D eigenvalue weighted by Gasteiger charge is -1.74. The van der Waals surface area contributed by atoms with Crippen LogP contribution in [0.2, 0.25) is 0 Å². The van der Waals surface area contributed by atoms with E-state index in [-0.39, 0.29) is 3.57 Å². The minimum Gasteiger partial charge on any atom is -0.249 e. The highest BCUT2D eigenvalue weighted by atomic mass is 127. The molecule has 0 radical (unpaired) electrons. The lowest BCUT2D eigenvalue weighted by atomic mass is 10.7. The zero-order chi connectivity index (χ0) is 6.15. The normalized spacial score (nSPS) is 9.88. The van der Waals surface area contributed by atoms with Crippen LogP contribution in [0.25, 0.3) is 0 Å². The summed E-state index contributed by atoms with van der Waals surface area (Å²) >= 11 is 1.52. The molecule has 0 fully saturated rings. The molecule has 0 bridgehead atoms. The number of hydrogen-bond donors (Lipinski definition) is 1. The highest BCUT2D eigenvalue weighted by molar-refractivity contribution is 14.1. The molecule has 0 amide bonds. The Balaban J connectivity index is 3.19. The van der Waals surface area contributed by atoms with Crippen molar-refractivity contribution in [2.24, 2.45) is 0 Å². The summed E-state index contributed by atoms with van der Waals surface area (Å²) < 4.78 is 23.8. The third kappa shape index (κ3) is 0.816. The van der Waals surface area contributed by atoms with Crippen LogP contribution in [-0.2, 0) is 0 Å². The van der Waals surface area contributed by atoms with Crippen molar-refractivity contribution >= 4 is 22.6 Å². The molecule has 0 aliphatic carbocycles. The standard InChI is InChI=1S/C3HF2IN2/c4-2-1(6)3(5)8-7-2/h(H,7,8). The second kappa shape index (κ2) is 1.96. The van der Waals surface area contributed by atoms with Gasteiger partial charge in [0, 0.05) is 0 Å². The first-order valence-electron chi connectivity index (χ1n) is 1.76. The second-order valence-corrected chi connectivity index (χ2v) is 2.22. The van der Waals surface area contributed by atoms with Gasteiger partial charge in [-0.25, -0.2) is 5.10 Å². The maximum Gasteiger partial charge on any atom is 0.248 e. The number of nitrogens with one attached hydrogen (secondary N) is 1. The van der Waals surface area contributed by atoms with Crippen molar-refractivity contribution in [1.82, 2.24) is 10.2 Å². The third-order valence-corrected chi connectivity index (χ3v) is 1.54. The molecule has 1 N–H and O–H groups in total. The minimum atomic E-state index is -0.789. The number of H-pyrrole nitrogens is 1. The molecule has 1 aromatic rings. The number of hydrogen-bond acceptors (Lipinski definition) is 1. The Bertz CT molecular complexity index is 178. The molecule has 0 aromatic carbocycles. The molecular formula is C3HF2IN2. The average molecular weight is 230 g/mol. The van der Waals surface area contributed by atoms with Crippen LogP contribution >= 0.6 is 22.6 Å². The van der Waals surface area contributed by atoms with E-state index in [0.717, 1.165) is 0 Å². The molecule has 1 heterocycles. The quantitative estimate of drug-likeness (QED) is 0.668. The summed E-state index contributed by atoms with van der Waals surface area (Å²) in [4.78, 5) is 0.